The summed E-state index contributed by atoms with van der Waals surface area (Å²) >= 11 is 3.29. The molecule has 1 saturated heterocycles. The van der Waals surface area contributed by atoms with Crippen LogP contribution >= 0.6 is 15.9 Å². The molecule has 1 aromatic rings. The zero-order valence-corrected chi connectivity index (χ0v) is 9.70. The van der Waals surface area contributed by atoms with Crippen molar-refractivity contribution >= 4 is 21.9 Å². The number of aromatic carboxylic acids is 1. The van der Waals surface area contributed by atoms with E-state index in [1.54, 1.807) is 4.57 Å². The van der Waals surface area contributed by atoms with Crippen LogP contribution < -0.4 is 5.32 Å². The molecule has 0 bridgehead atoms. The maximum absolute atomic E-state index is 11.0. The number of carboxylic acids is 1. The lowest BCUT2D eigenvalue weighted by molar-refractivity contribution is 0.0680. The predicted molar refractivity (Wildman–Crippen MR) is 58.0 cm³/mol. The highest BCUT2D eigenvalue weighted by atomic mass is 79.9. The van der Waals surface area contributed by atoms with E-state index in [9.17, 15) is 4.79 Å². The summed E-state index contributed by atoms with van der Waals surface area (Å²) in [6, 6.07) is 0.231. The van der Waals surface area contributed by atoms with Gasteiger partial charge in [0.15, 0.2) is 4.73 Å². The molecule has 6 heteroatoms. The summed E-state index contributed by atoms with van der Waals surface area (Å²) in [5, 5.41) is 12.3. The van der Waals surface area contributed by atoms with Crippen LogP contribution in [-0.4, -0.2) is 33.7 Å². The molecule has 0 aliphatic carbocycles. The number of imidazole rings is 1. The highest BCUT2D eigenvalue weighted by molar-refractivity contribution is 9.10. The lowest BCUT2D eigenvalue weighted by Gasteiger charge is -2.25. The summed E-state index contributed by atoms with van der Waals surface area (Å²) in [4.78, 5) is 15.0. The summed E-state index contributed by atoms with van der Waals surface area (Å²) in [5.41, 5.74) is 0.258. The van der Waals surface area contributed by atoms with Gasteiger partial charge in [0.25, 0.3) is 0 Å². The number of piperidine rings is 1. The molecule has 0 radical (unpaired) electrons. The van der Waals surface area contributed by atoms with Crippen LogP contribution in [-0.2, 0) is 0 Å². The lowest BCUT2D eigenvalue weighted by Crippen LogP contribution is -2.30. The number of hydrogen-bond donors (Lipinski definition) is 2. The Balaban J connectivity index is 2.32. The van der Waals surface area contributed by atoms with E-state index in [2.05, 4.69) is 26.2 Å². The molecular weight excluding hydrogens is 262 g/mol. The van der Waals surface area contributed by atoms with Crippen LogP contribution in [0.15, 0.2) is 10.9 Å². The number of nitrogens with zero attached hydrogens (tertiary/aromatic N) is 2. The Morgan fingerprint density at radius 2 is 2.27 bits per heavy atom. The molecule has 1 aromatic heterocycles. The molecule has 0 atom stereocenters. The SMILES string of the molecule is O=C(O)c1cnc(Br)n1C1CCNCC1. The van der Waals surface area contributed by atoms with Crippen LogP contribution in [0.1, 0.15) is 29.4 Å². The van der Waals surface area contributed by atoms with Gasteiger partial charge in [0, 0.05) is 6.04 Å². The van der Waals surface area contributed by atoms with Gasteiger partial charge in [-0.25, -0.2) is 9.78 Å². The Labute approximate surface area is 95.6 Å². The Kier molecular flexibility index (Phi) is 3.06. The molecule has 0 spiro atoms. The Morgan fingerprint density at radius 3 is 2.87 bits per heavy atom. The van der Waals surface area contributed by atoms with E-state index in [-0.39, 0.29) is 11.7 Å². The summed E-state index contributed by atoms with van der Waals surface area (Å²) in [6.45, 7) is 1.85. The van der Waals surface area contributed by atoms with Crippen LogP contribution in [0.4, 0.5) is 0 Å². The van der Waals surface area contributed by atoms with Gasteiger partial charge in [0.2, 0.25) is 0 Å². The largest absolute Gasteiger partial charge is 0.477 e. The van der Waals surface area contributed by atoms with Gasteiger partial charge in [0.05, 0.1) is 6.20 Å². The second kappa shape index (κ2) is 4.32. The third-order valence-electron chi connectivity index (χ3n) is 2.64. The molecule has 2 rings (SSSR count). The van der Waals surface area contributed by atoms with Gasteiger partial charge in [-0.3, -0.25) is 0 Å². The molecule has 0 saturated carbocycles. The molecule has 0 aromatic carbocycles. The Bertz CT molecular complexity index is 371. The van der Waals surface area contributed by atoms with Crippen LogP contribution in [0.25, 0.3) is 0 Å². The first-order valence-electron chi connectivity index (χ1n) is 4.87. The first-order chi connectivity index (χ1) is 7.20. The summed E-state index contributed by atoms with van der Waals surface area (Å²) in [7, 11) is 0. The van der Waals surface area contributed by atoms with Gasteiger partial charge in [-0.2, -0.15) is 0 Å². The summed E-state index contributed by atoms with van der Waals surface area (Å²) in [5.74, 6) is -0.924. The second-order valence-corrected chi connectivity index (χ2v) is 4.28. The van der Waals surface area contributed by atoms with Gasteiger partial charge < -0.3 is 15.0 Å². The van der Waals surface area contributed by atoms with Crippen molar-refractivity contribution in [1.29, 1.82) is 0 Å². The molecule has 82 valence electrons. The van der Waals surface area contributed by atoms with E-state index in [1.807, 2.05) is 0 Å². The number of carboxylic acid groups (broad SMARTS) is 1. The topological polar surface area (TPSA) is 67.1 Å². The molecule has 0 unspecified atom stereocenters. The second-order valence-electron chi connectivity index (χ2n) is 3.57. The molecule has 15 heavy (non-hydrogen) atoms. The Hall–Kier alpha value is -0.880. The smallest absolute Gasteiger partial charge is 0.354 e. The number of hydrogen-bond acceptors (Lipinski definition) is 3. The monoisotopic (exact) mass is 273 g/mol. The quantitative estimate of drug-likeness (QED) is 0.852. The zero-order chi connectivity index (χ0) is 10.8. The van der Waals surface area contributed by atoms with E-state index in [0.29, 0.717) is 4.73 Å². The molecule has 0 amide bonds. The van der Waals surface area contributed by atoms with Crippen molar-refractivity contribution in [2.75, 3.05) is 13.1 Å². The fourth-order valence-electron chi connectivity index (χ4n) is 1.91. The Morgan fingerprint density at radius 1 is 1.60 bits per heavy atom. The number of rotatable bonds is 2. The fraction of sp³-hybridized carbons (Fsp3) is 0.556. The fourth-order valence-corrected chi connectivity index (χ4v) is 2.49. The highest BCUT2D eigenvalue weighted by Crippen LogP contribution is 2.25. The zero-order valence-electron chi connectivity index (χ0n) is 8.11. The van der Waals surface area contributed by atoms with Gasteiger partial charge in [-0.15, -0.1) is 0 Å². The highest BCUT2D eigenvalue weighted by Gasteiger charge is 2.23. The van der Waals surface area contributed by atoms with Crippen LogP contribution in [0.5, 0.6) is 0 Å². The van der Waals surface area contributed by atoms with E-state index >= 15 is 0 Å². The molecule has 1 aliphatic heterocycles. The first-order valence-corrected chi connectivity index (χ1v) is 5.66. The summed E-state index contributed by atoms with van der Waals surface area (Å²) in [6.07, 6.45) is 3.28. The van der Waals surface area contributed by atoms with Crippen LogP contribution in [0.2, 0.25) is 0 Å². The molecule has 1 aliphatic rings. The van der Waals surface area contributed by atoms with E-state index in [1.165, 1.54) is 6.20 Å². The van der Waals surface area contributed by atoms with E-state index < -0.39 is 5.97 Å². The number of aromatic nitrogens is 2. The standard InChI is InChI=1S/C9H12BrN3O2/c10-9-12-5-7(8(14)15)13(9)6-1-3-11-4-2-6/h5-6,11H,1-4H2,(H,14,15). The lowest BCUT2D eigenvalue weighted by atomic mass is 10.1. The average Bonchev–Trinajstić information content (AvgIpc) is 2.61. The van der Waals surface area contributed by atoms with Crippen LogP contribution in [0.3, 0.4) is 0 Å². The van der Waals surface area contributed by atoms with E-state index in [0.717, 1.165) is 25.9 Å². The van der Waals surface area contributed by atoms with Crippen molar-refractivity contribution in [1.82, 2.24) is 14.9 Å². The minimum Gasteiger partial charge on any atom is -0.477 e. The van der Waals surface area contributed by atoms with Crippen molar-refractivity contribution in [2.24, 2.45) is 0 Å². The maximum Gasteiger partial charge on any atom is 0.354 e. The third kappa shape index (κ3) is 2.05. The van der Waals surface area contributed by atoms with Gasteiger partial charge in [0.1, 0.15) is 5.69 Å². The molecule has 1 fully saturated rings. The minimum absolute atomic E-state index is 0.231. The number of halogens is 1. The molecule has 2 N–H and O–H groups in total. The summed E-state index contributed by atoms with van der Waals surface area (Å²) < 4.78 is 2.37. The molecule has 2 heterocycles. The van der Waals surface area contributed by atoms with Crippen molar-refractivity contribution in [2.45, 2.75) is 18.9 Å². The molecule has 5 nitrogen and oxygen atoms in total. The van der Waals surface area contributed by atoms with E-state index in [4.69, 9.17) is 5.11 Å². The number of carbonyl (C=O) groups is 1. The molecular formula is C9H12BrN3O2. The van der Waals surface area contributed by atoms with Crippen molar-refractivity contribution in [3.05, 3.63) is 16.6 Å². The minimum atomic E-state index is -0.924. The number of nitrogens with one attached hydrogen (secondary N) is 1. The van der Waals surface area contributed by atoms with Crippen molar-refractivity contribution in [3.8, 4) is 0 Å². The van der Waals surface area contributed by atoms with Gasteiger partial charge in [-0.1, -0.05) is 0 Å². The van der Waals surface area contributed by atoms with Gasteiger partial charge in [-0.05, 0) is 41.9 Å². The first kappa shape index (κ1) is 10.6. The third-order valence-corrected chi connectivity index (χ3v) is 3.23. The maximum atomic E-state index is 11.0. The van der Waals surface area contributed by atoms with Gasteiger partial charge >= 0.3 is 5.97 Å². The average molecular weight is 274 g/mol. The van der Waals surface area contributed by atoms with Crippen molar-refractivity contribution < 1.29 is 9.90 Å². The predicted octanol–water partition coefficient (Wildman–Crippen LogP) is 1.27. The van der Waals surface area contributed by atoms with Crippen LogP contribution in [0, 0.1) is 0 Å². The van der Waals surface area contributed by atoms with Crippen molar-refractivity contribution in [3.63, 3.8) is 0 Å². The normalized spacial score (nSPS) is 17.9.